The van der Waals surface area contributed by atoms with Gasteiger partial charge in [0.1, 0.15) is 0 Å². The highest BCUT2D eigenvalue weighted by atomic mass is 32.1. The summed E-state index contributed by atoms with van der Waals surface area (Å²) in [7, 11) is 4.47. The molecule has 0 unspecified atom stereocenters. The molecule has 0 radical (unpaired) electrons. The van der Waals surface area contributed by atoms with Crippen molar-refractivity contribution in [3.05, 3.63) is 42.0 Å². The van der Waals surface area contributed by atoms with Crippen LogP contribution in [0.2, 0.25) is 0 Å². The first-order valence-electron chi connectivity index (χ1n) is 11.8. The van der Waals surface area contributed by atoms with E-state index >= 15 is 0 Å². The standard InChI is InChI=1S/C26H34N4O5S/c1-17(2)14-23(31)30-12-10-29(11-13-30)20-8-6-19(7-9-20)27-26(36)28-25(32)18-15-21(33-3)24(35-5)22(16-18)34-4/h6-9,15-17H,10-14H2,1-5H3,(H2,27,28,32,36). The van der Waals surface area contributed by atoms with Crippen molar-refractivity contribution in [3.63, 3.8) is 0 Å². The summed E-state index contributed by atoms with van der Waals surface area (Å²) < 4.78 is 15.9. The molecule has 0 spiro atoms. The number of rotatable bonds is 8. The van der Waals surface area contributed by atoms with Gasteiger partial charge in [-0.3, -0.25) is 14.9 Å². The van der Waals surface area contributed by atoms with Crippen molar-refractivity contribution in [3.8, 4) is 17.2 Å². The van der Waals surface area contributed by atoms with Crippen LogP contribution in [0.1, 0.15) is 30.6 Å². The zero-order valence-corrected chi connectivity index (χ0v) is 22.2. The summed E-state index contributed by atoms with van der Waals surface area (Å²) in [6.07, 6.45) is 0.594. The fourth-order valence-corrected chi connectivity index (χ4v) is 4.21. The number of benzene rings is 2. The number of anilines is 2. The summed E-state index contributed by atoms with van der Waals surface area (Å²) in [5, 5.41) is 5.87. The Hall–Kier alpha value is -3.53. The molecule has 1 saturated heterocycles. The zero-order valence-electron chi connectivity index (χ0n) is 21.4. The molecule has 10 heteroatoms. The van der Waals surface area contributed by atoms with Gasteiger partial charge in [0.15, 0.2) is 16.6 Å². The number of hydrogen-bond donors (Lipinski definition) is 2. The molecule has 1 fully saturated rings. The smallest absolute Gasteiger partial charge is 0.257 e. The van der Waals surface area contributed by atoms with Gasteiger partial charge in [-0.2, -0.15) is 0 Å². The van der Waals surface area contributed by atoms with Crippen LogP contribution in [0.5, 0.6) is 17.2 Å². The topological polar surface area (TPSA) is 92.4 Å². The van der Waals surface area contributed by atoms with Crippen molar-refractivity contribution < 1.29 is 23.8 Å². The van der Waals surface area contributed by atoms with Gasteiger partial charge in [-0.05, 0) is 54.5 Å². The molecule has 0 saturated carbocycles. The quantitative estimate of drug-likeness (QED) is 0.517. The highest BCUT2D eigenvalue weighted by Gasteiger charge is 2.22. The van der Waals surface area contributed by atoms with Crippen molar-refractivity contribution in [2.75, 3.05) is 57.7 Å². The Balaban J connectivity index is 1.55. The molecule has 1 aliphatic heterocycles. The Morgan fingerprint density at radius 3 is 2.03 bits per heavy atom. The predicted octanol–water partition coefficient (Wildman–Crippen LogP) is 3.53. The van der Waals surface area contributed by atoms with Crippen LogP contribution < -0.4 is 29.7 Å². The Bertz CT molecular complexity index is 1060. The van der Waals surface area contributed by atoms with E-state index in [0.29, 0.717) is 35.2 Å². The number of ether oxygens (including phenoxy) is 3. The molecule has 9 nitrogen and oxygen atoms in total. The molecule has 0 aromatic heterocycles. The summed E-state index contributed by atoms with van der Waals surface area (Å²) in [4.78, 5) is 29.3. The number of thiocarbonyl (C=S) groups is 1. The molecule has 0 aliphatic carbocycles. The van der Waals surface area contributed by atoms with Crippen LogP contribution in [0.4, 0.5) is 11.4 Å². The van der Waals surface area contributed by atoms with Gasteiger partial charge in [0.2, 0.25) is 11.7 Å². The third kappa shape index (κ3) is 6.78. The van der Waals surface area contributed by atoms with Crippen molar-refractivity contribution in [1.29, 1.82) is 0 Å². The van der Waals surface area contributed by atoms with Crippen LogP contribution in [0.3, 0.4) is 0 Å². The summed E-state index contributed by atoms with van der Waals surface area (Å²) in [6, 6.07) is 10.9. The van der Waals surface area contributed by atoms with Crippen LogP contribution in [0.15, 0.2) is 36.4 Å². The van der Waals surface area contributed by atoms with Gasteiger partial charge in [0, 0.05) is 49.5 Å². The molecular formula is C26H34N4O5S. The van der Waals surface area contributed by atoms with Crippen LogP contribution in [0.25, 0.3) is 0 Å². The van der Waals surface area contributed by atoms with E-state index in [0.717, 1.165) is 37.6 Å². The maximum atomic E-state index is 12.8. The van der Waals surface area contributed by atoms with Gasteiger partial charge in [-0.15, -0.1) is 0 Å². The number of amides is 2. The lowest BCUT2D eigenvalue weighted by Gasteiger charge is -2.36. The summed E-state index contributed by atoms with van der Waals surface area (Å²) in [6.45, 7) is 7.16. The number of methoxy groups -OCH3 is 3. The summed E-state index contributed by atoms with van der Waals surface area (Å²) in [5.74, 6) is 1.34. The number of carbonyl (C=O) groups excluding carboxylic acids is 2. The Kier molecular flexibility index (Phi) is 9.35. The SMILES string of the molecule is COc1cc(C(=O)NC(=S)Nc2ccc(N3CCN(C(=O)CC(C)C)CC3)cc2)cc(OC)c1OC. The molecule has 1 aliphatic rings. The van der Waals surface area contributed by atoms with Crippen LogP contribution in [-0.4, -0.2) is 69.3 Å². The molecule has 0 bridgehead atoms. The molecule has 2 aromatic carbocycles. The Morgan fingerprint density at radius 2 is 1.53 bits per heavy atom. The first-order chi connectivity index (χ1) is 17.2. The summed E-state index contributed by atoms with van der Waals surface area (Å²) >= 11 is 5.33. The normalized spacial score (nSPS) is 13.3. The van der Waals surface area contributed by atoms with Crippen LogP contribution in [-0.2, 0) is 4.79 Å². The number of carbonyl (C=O) groups is 2. The minimum atomic E-state index is -0.409. The maximum absolute atomic E-state index is 12.8. The molecule has 36 heavy (non-hydrogen) atoms. The monoisotopic (exact) mass is 514 g/mol. The van der Waals surface area contributed by atoms with Crippen molar-refractivity contribution in [2.45, 2.75) is 20.3 Å². The lowest BCUT2D eigenvalue weighted by molar-refractivity contribution is -0.132. The number of piperazine rings is 1. The molecule has 0 atom stereocenters. The summed E-state index contributed by atoms with van der Waals surface area (Å²) in [5.41, 5.74) is 2.14. The largest absolute Gasteiger partial charge is 0.493 e. The molecule has 2 aromatic rings. The first-order valence-corrected chi connectivity index (χ1v) is 12.2. The lowest BCUT2D eigenvalue weighted by atomic mass is 10.1. The lowest BCUT2D eigenvalue weighted by Crippen LogP contribution is -2.49. The van der Waals surface area contributed by atoms with Crippen molar-refractivity contribution in [2.24, 2.45) is 5.92 Å². The van der Waals surface area contributed by atoms with Crippen LogP contribution in [0, 0.1) is 5.92 Å². The molecule has 2 N–H and O–H groups in total. The third-order valence-electron chi connectivity index (χ3n) is 5.86. The van der Waals surface area contributed by atoms with Crippen LogP contribution >= 0.6 is 12.2 Å². The second-order valence-corrected chi connectivity index (χ2v) is 9.24. The van der Waals surface area contributed by atoms with Gasteiger partial charge >= 0.3 is 0 Å². The van der Waals surface area contributed by atoms with E-state index in [1.54, 1.807) is 12.1 Å². The van der Waals surface area contributed by atoms with E-state index in [1.807, 2.05) is 29.2 Å². The maximum Gasteiger partial charge on any atom is 0.257 e. The Labute approximate surface area is 217 Å². The Morgan fingerprint density at radius 1 is 0.944 bits per heavy atom. The predicted molar refractivity (Wildman–Crippen MR) is 144 cm³/mol. The molecule has 1 heterocycles. The van der Waals surface area contributed by atoms with Gasteiger partial charge in [0.25, 0.3) is 5.91 Å². The van der Waals surface area contributed by atoms with E-state index in [2.05, 4.69) is 29.4 Å². The molecule has 2 amide bonds. The average molecular weight is 515 g/mol. The fourth-order valence-electron chi connectivity index (χ4n) is 4.00. The minimum absolute atomic E-state index is 0.166. The highest BCUT2D eigenvalue weighted by Crippen LogP contribution is 2.38. The molecule has 194 valence electrons. The van der Waals surface area contributed by atoms with Gasteiger partial charge in [-0.25, -0.2) is 0 Å². The number of hydrogen-bond acceptors (Lipinski definition) is 7. The minimum Gasteiger partial charge on any atom is -0.493 e. The van der Waals surface area contributed by atoms with E-state index < -0.39 is 5.91 Å². The van der Waals surface area contributed by atoms with E-state index in [4.69, 9.17) is 26.4 Å². The van der Waals surface area contributed by atoms with Gasteiger partial charge in [0.05, 0.1) is 21.3 Å². The zero-order chi connectivity index (χ0) is 26.2. The van der Waals surface area contributed by atoms with E-state index in [1.165, 1.54) is 21.3 Å². The van der Waals surface area contributed by atoms with Crippen molar-refractivity contribution in [1.82, 2.24) is 10.2 Å². The molecule has 3 rings (SSSR count). The highest BCUT2D eigenvalue weighted by molar-refractivity contribution is 7.80. The van der Waals surface area contributed by atoms with Crippen molar-refractivity contribution >= 4 is 40.5 Å². The first kappa shape index (κ1) is 27.1. The second-order valence-electron chi connectivity index (χ2n) is 8.83. The number of nitrogens with one attached hydrogen (secondary N) is 2. The number of nitrogens with zero attached hydrogens (tertiary/aromatic N) is 2. The van der Waals surface area contributed by atoms with E-state index in [9.17, 15) is 9.59 Å². The fraction of sp³-hybridized carbons (Fsp3) is 0.423. The van der Waals surface area contributed by atoms with Gasteiger partial charge < -0.3 is 29.3 Å². The van der Waals surface area contributed by atoms with Gasteiger partial charge in [-0.1, -0.05) is 13.8 Å². The van der Waals surface area contributed by atoms with E-state index in [-0.39, 0.29) is 11.0 Å². The average Bonchev–Trinajstić information content (AvgIpc) is 2.87. The third-order valence-corrected chi connectivity index (χ3v) is 6.06. The second kappa shape index (κ2) is 12.4. The molecular weight excluding hydrogens is 480 g/mol.